The van der Waals surface area contributed by atoms with Gasteiger partial charge in [-0.3, -0.25) is 9.59 Å². The summed E-state index contributed by atoms with van der Waals surface area (Å²) in [6.07, 6.45) is -8.97. The molecule has 0 spiro atoms. The zero-order valence-electron chi connectivity index (χ0n) is 21.4. The fourth-order valence-corrected chi connectivity index (χ4v) is 4.77. The average Bonchev–Trinajstić information content (AvgIpc) is 2.90. The van der Waals surface area contributed by atoms with E-state index in [0.29, 0.717) is 37.3 Å². The molecule has 0 bridgehead atoms. The minimum absolute atomic E-state index is 0.00602. The molecule has 4 rings (SSSR count). The zero-order chi connectivity index (χ0) is 30.8. The Bertz CT molecular complexity index is 1520. The number of carbonyl (C=O) groups is 1. The van der Waals surface area contributed by atoms with Crippen LogP contribution in [0.3, 0.4) is 0 Å². The third kappa shape index (κ3) is 7.46. The highest BCUT2D eigenvalue weighted by molar-refractivity contribution is 6.30. The second kappa shape index (κ2) is 12.4. The van der Waals surface area contributed by atoms with E-state index in [1.165, 1.54) is 18.2 Å². The number of ether oxygens (including phenoxy) is 1. The van der Waals surface area contributed by atoms with Crippen molar-refractivity contribution >= 4 is 17.5 Å². The van der Waals surface area contributed by atoms with Crippen molar-refractivity contribution in [3.63, 3.8) is 0 Å². The summed E-state index contributed by atoms with van der Waals surface area (Å²) in [6.45, 7) is -0.572. The molecule has 42 heavy (non-hydrogen) atoms. The Morgan fingerprint density at radius 2 is 1.64 bits per heavy atom. The maximum Gasteiger partial charge on any atom is 0.433 e. The van der Waals surface area contributed by atoms with E-state index < -0.39 is 76.1 Å². The van der Waals surface area contributed by atoms with Gasteiger partial charge in [0.1, 0.15) is 17.5 Å². The fraction of sp³-hybridized carbons (Fsp3) is 0.370. The topological polar surface area (TPSA) is 84.1 Å². The summed E-state index contributed by atoms with van der Waals surface area (Å²) in [5, 5.41) is 2.69. The number of H-pyrrole nitrogens is 1. The van der Waals surface area contributed by atoms with Crippen molar-refractivity contribution < 1.29 is 44.7 Å². The third-order valence-corrected chi connectivity index (χ3v) is 7.02. The van der Waals surface area contributed by atoms with Crippen LogP contribution in [0.4, 0.5) is 35.1 Å². The van der Waals surface area contributed by atoms with Crippen molar-refractivity contribution in [2.45, 2.75) is 57.3 Å². The molecule has 6 nitrogen and oxygen atoms in total. The highest BCUT2D eigenvalue weighted by atomic mass is 35.5. The van der Waals surface area contributed by atoms with Crippen LogP contribution in [0.2, 0.25) is 5.02 Å². The monoisotopic (exact) mass is 623 g/mol. The van der Waals surface area contributed by atoms with Crippen molar-refractivity contribution in [1.82, 2.24) is 15.3 Å². The van der Waals surface area contributed by atoms with E-state index in [2.05, 4.69) is 10.3 Å². The second-order valence-electron chi connectivity index (χ2n) is 9.67. The smallest absolute Gasteiger partial charge is 0.373 e. The lowest BCUT2D eigenvalue weighted by Crippen LogP contribution is -2.34. The van der Waals surface area contributed by atoms with E-state index in [4.69, 9.17) is 16.3 Å². The van der Waals surface area contributed by atoms with Crippen LogP contribution >= 0.6 is 11.6 Å². The summed E-state index contributed by atoms with van der Waals surface area (Å²) in [5.74, 6) is -4.40. The van der Waals surface area contributed by atoms with Crippen molar-refractivity contribution in [3.8, 4) is 11.4 Å². The number of carbonyl (C=O) groups excluding carboxylic acids is 1. The van der Waals surface area contributed by atoms with E-state index >= 15 is 4.39 Å². The van der Waals surface area contributed by atoms with Gasteiger partial charge >= 0.3 is 12.4 Å². The largest absolute Gasteiger partial charge is 0.433 e. The van der Waals surface area contributed by atoms with Gasteiger partial charge in [-0.25, -0.2) is 13.8 Å². The normalized spacial score (nSPS) is 17.7. The van der Waals surface area contributed by atoms with Crippen LogP contribution < -0.4 is 10.9 Å². The summed E-state index contributed by atoms with van der Waals surface area (Å²) in [6, 6.07) is 5.42. The third-order valence-electron chi connectivity index (χ3n) is 6.78. The molecule has 15 heteroatoms. The van der Waals surface area contributed by atoms with Crippen molar-refractivity contribution in [1.29, 1.82) is 0 Å². The number of hydrogen-bond acceptors (Lipinski definition) is 4. The van der Waals surface area contributed by atoms with E-state index in [-0.39, 0.29) is 23.8 Å². The van der Waals surface area contributed by atoms with Crippen molar-refractivity contribution in [3.05, 3.63) is 85.8 Å². The van der Waals surface area contributed by atoms with Gasteiger partial charge in [0.2, 0.25) is 5.91 Å². The van der Waals surface area contributed by atoms with Gasteiger partial charge in [0.15, 0.2) is 5.69 Å². The van der Waals surface area contributed by atoms with Crippen LogP contribution in [0, 0.1) is 17.6 Å². The molecule has 1 aromatic heterocycles. The van der Waals surface area contributed by atoms with Crippen LogP contribution in [-0.4, -0.2) is 22.0 Å². The molecule has 1 amide bonds. The number of benzene rings is 2. The molecule has 0 saturated heterocycles. The standard InChI is InChI=1S/C27H22ClF8N3O3/c28-16-5-1-15(19(29)9-16)12-42-17-6-2-13(3-7-17)25(41)37-11-14-4-8-18(26(31,32)33)22(23(14)30)24-38-20(27(34,35)36)10-21(40)39-24/h1,4-5,8-10,13,17H,2-3,6-7,11-12H2,(H,37,41)(H,38,39,40)/t13-,17-. The number of halogens is 9. The Labute approximate surface area is 238 Å². The number of aromatic amines is 1. The maximum absolute atomic E-state index is 15.4. The number of nitrogens with one attached hydrogen (secondary N) is 2. The SMILES string of the molecule is O=c1cc(C(F)(F)F)nc(-c2c(C(F)(F)F)ccc(CNC(=O)[C@H]3CC[C@H](OCc4ccc(Cl)cc4F)CC3)c2F)[nH]1. The van der Waals surface area contributed by atoms with Gasteiger partial charge in [-0.2, -0.15) is 26.3 Å². The van der Waals surface area contributed by atoms with Gasteiger partial charge in [0.05, 0.1) is 23.8 Å². The molecule has 2 aromatic carbocycles. The highest BCUT2D eigenvalue weighted by Crippen LogP contribution is 2.39. The average molecular weight is 624 g/mol. The lowest BCUT2D eigenvalue weighted by molar-refractivity contribution is -0.141. The number of alkyl halides is 6. The van der Waals surface area contributed by atoms with E-state index in [0.717, 1.165) is 6.07 Å². The molecular formula is C27H22ClF8N3O3. The number of nitrogens with zero attached hydrogens (tertiary/aromatic N) is 1. The van der Waals surface area contributed by atoms with Gasteiger partial charge in [0.25, 0.3) is 5.56 Å². The molecule has 226 valence electrons. The lowest BCUT2D eigenvalue weighted by atomic mass is 9.86. The Hall–Kier alpha value is -3.52. The van der Waals surface area contributed by atoms with Crippen LogP contribution in [0.25, 0.3) is 11.4 Å². The predicted molar refractivity (Wildman–Crippen MR) is 134 cm³/mol. The Morgan fingerprint density at radius 1 is 0.976 bits per heavy atom. The van der Waals surface area contributed by atoms with Gasteiger partial charge < -0.3 is 15.0 Å². The van der Waals surface area contributed by atoms with Gasteiger partial charge in [-0.05, 0) is 43.9 Å². The first-order valence-corrected chi connectivity index (χ1v) is 12.9. The summed E-state index contributed by atoms with van der Waals surface area (Å²) in [4.78, 5) is 29.2. The first kappa shape index (κ1) is 31.4. The molecule has 3 aromatic rings. The Morgan fingerprint density at radius 3 is 2.26 bits per heavy atom. The molecule has 0 radical (unpaired) electrons. The highest BCUT2D eigenvalue weighted by Gasteiger charge is 2.39. The van der Waals surface area contributed by atoms with Gasteiger partial charge in [-0.1, -0.05) is 23.7 Å². The summed E-state index contributed by atoms with van der Waals surface area (Å²) < 4.78 is 115. The van der Waals surface area contributed by atoms with Crippen LogP contribution in [-0.2, 0) is 35.0 Å². The molecule has 0 aliphatic heterocycles. The summed E-state index contributed by atoms with van der Waals surface area (Å²) >= 11 is 5.73. The Balaban J connectivity index is 1.44. The molecule has 0 unspecified atom stereocenters. The van der Waals surface area contributed by atoms with Crippen LogP contribution in [0.15, 0.2) is 41.2 Å². The number of amides is 1. The van der Waals surface area contributed by atoms with Gasteiger partial charge in [0, 0.05) is 34.7 Å². The van der Waals surface area contributed by atoms with E-state index in [1.54, 1.807) is 4.98 Å². The predicted octanol–water partition coefficient (Wildman–Crippen LogP) is 6.80. The first-order valence-electron chi connectivity index (χ1n) is 12.5. The quantitative estimate of drug-likeness (QED) is 0.284. The van der Waals surface area contributed by atoms with E-state index in [9.17, 15) is 40.3 Å². The van der Waals surface area contributed by atoms with E-state index in [1.807, 2.05) is 0 Å². The molecule has 1 fully saturated rings. The van der Waals surface area contributed by atoms with Gasteiger partial charge in [-0.15, -0.1) is 0 Å². The minimum Gasteiger partial charge on any atom is -0.373 e. The van der Waals surface area contributed by atoms with Crippen molar-refractivity contribution in [2.75, 3.05) is 0 Å². The molecular weight excluding hydrogens is 602 g/mol. The van der Waals surface area contributed by atoms with Crippen LogP contribution in [0.5, 0.6) is 0 Å². The molecule has 2 N–H and O–H groups in total. The summed E-state index contributed by atoms with van der Waals surface area (Å²) in [5.41, 5.74) is -6.42. The van der Waals surface area contributed by atoms with Crippen LogP contribution in [0.1, 0.15) is 48.1 Å². The zero-order valence-corrected chi connectivity index (χ0v) is 22.2. The molecule has 1 heterocycles. The Kier molecular flexibility index (Phi) is 9.26. The second-order valence-corrected chi connectivity index (χ2v) is 10.1. The summed E-state index contributed by atoms with van der Waals surface area (Å²) in [7, 11) is 0. The van der Waals surface area contributed by atoms with Crippen molar-refractivity contribution in [2.24, 2.45) is 5.92 Å². The lowest BCUT2D eigenvalue weighted by Gasteiger charge is -2.28. The number of hydrogen-bond donors (Lipinski definition) is 2. The molecule has 1 saturated carbocycles. The first-order chi connectivity index (χ1) is 19.6. The number of aromatic nitrogens is 2. The molecule has 1 aliphatic rings. The minimum atomic E-state index is -5.20. The number of rotatable bonds is 7. The fourth-order valence-electron chi connectivity index (χ4n) is 4.61. The maximum atomic E-state index is 15.4. The molecule has 1 aliphatic carbocycles. The molecule has 0 atom stereocenters.